The van der Waals surface area contributed by atoms with Crippen LogP contribution < -0.4 is 20.1 Å². The van der Waals surface area contributed by atoms with Gasteiger partial charge in [-0.2, -0.15) is 0 Å². The van der Waals surface area contributed by atoms with Crippen LogP contribution in [0, 0.1) is 0 Å². The molecule has 0 fully saturated rings. The molecule has 1 aliphatic heterocycles. The van der Waals surface area contributed by atoms with Crippen LogP contribution >= 0.6 is 0 Å². The molecule has 0 saturated heterocycles. The normalized spacial score (nSPS) is 12.8. The first-order chi connectivity index (χ1) is 10.3. The van der Waals surface area contributed by atoms with Gasteiger partial charge in [0, 0.05) is 13.1 Å². The first-order valence-electron chi connectivity index (χ1n) is 7.70. The second-order valence-electron chi connectivity index (χ2n) is 5.12. The van der Waals surface area contributed by atoms with Crippen molar-refractivity contribution in [3.63, 3.8) is 0 Å². The highest BCUT2D eigenvalue weighted by molar-refractivity contribution is 5.73. The fraction of sp³-hybridized carbons (Fsp3) is 0.562. The molecule has 5 heteroatoms. The van der Waals surface area contributed by atoms with Crippen molar-refractivity contribution >= 4 is 6.03 Å². The highest BCUT2D eigenvalue weighted by atomic mass is 16.6. The Labute approximate surface area is 126 Å². The van der Waals surface area contributed by atoms with Crippen molar-refractivity contribution in [3.8, 4) is 11.5 Å². The van der Waals surface area contributed by atoms with Gasteiger partial charge in [-0.25, -0.2) is 4.79 Å². The van der Waals surface area contributed by atoms with Crippen LogP contribution in [0.1, 0.15) is 31.7 Å². The molecule has 0 bridgehead atoms. The van der Waals surface area contributed by atoms with Gasteiger partial charge in [0.05, 0.1) is 0 Å². The highest BCUT2D eigenvalue weighted by Crippen LogP contribution is 2.30. The second kappa shape index (κ2) is 8.39. The molecule has 0 atom stereocenters. The zero-order valence-corrected chi connectivity index (χ0v) is 12.6. The Morgan fingerprint density at radius 3 is 2.67 bits per heavy atom. The zero-order chi connectivity index (χ0) is 14.9. The predicted octanol–water partition coefficient (Wildman–Crippen LogP) is 2.49. The summed E-state index contributed by atoms with van der Waals surface area (Å²) in [5.41, 5.74) is 1.13. The Hall–Kier alpha value is -1.91. The third-order valence-corrected chi connectivity index (χ3v) is 3.37. The molecule has 2 rings (SSSR count). The lowest BCUT2D eigenvalue weighted by Crippen LogP contribution is -2.37. The Morgan fingerprint density at radius 1 is 1.10 bits per heavy atom. The third-order valence-electron chi connectivity index (χ3n) is 3.37. The number of benzene rings is 1. The summed E-state index contributed by atoms with van der Waals surface area (Å²) in [4.78, 5) is 11.6. The predicted molar refractivity (Wildman–Crippen MR) is 82.1 cm³/mol. The molecule has 1 aliphatic rings. The number of unbranched alkanes of at least 4 members (excludes halogenated alkanes) is 2. The fourth-order valence-corrected chi connectivity index (χ4v) is 2.20. The van der Waals surface area contributed by atoms with E-state index < -0.39 is 0 Å². The van der Waals surface area contributed by atoms with E-state index in [1.165, 1.54) is 0 Å². The van der Waals surface area contributed by atoms with E-state index in [2.05, 4.69) is 17.6 Å². The average molecular weight is 292 g/mol. The minimum atomic E-state index is -0.0938. The minimum Gasteiger partial charge on any atom is -0.486 e. The molecule has 0 spiro atoms. The van der Waals surface area contributed by atoms with Gasteiger partial charge in [-0.3, -0.25) is 0 Å². The number of hydrogen-bond acceptors (Lipinski definition) is 3. The number of amides is 2. The molecular weight excluding hydrogens is 268 g/mol. The molecule has 1 heterocycles. The molecule has 0 radical (unpaired) electrons. The lowest BCUT2D eigenvalue weighted by atomic mass is 10.1. The van der Waals surface area contributed by atoms with E-state index in [4.69, 9.17) is 9.47 Å². The maximum atomic E-state index is 11.6. The monoisotopic (exact) mass is 292 g/mol. The fourth-order valence-electron chi connectivity index (χ4n) is 2.20. The Bertz CT molecular complexity index is 463. The van der Waals surface area contributed by atoms with Gasteiger partial charge in [0.2, 0.25) is 0 Å². The number of nitrogens with one attached hydrogen (secondary N) is 2. The number of fused-ring (bicyclic) bond motifs is 1. The minimum absolute atomic E-state index is 0.0938. The van der Waals surface area contributed by atoms with E-state index >= 15 is 0 Å². The molecule has 1 aromatic rings. The molecule has 0 aromatic heterocycles. The van der Waals surface area contributed by atoms with Crippen molar-refractivity contribution in [2.45, 2.75) is 32.6 Å². The van der Waals surface area contributed by atoms with Crippen LogP contribution in [-0.4, -0.2) is 32.3 Å². The van der Waals surface area contributed by atoms with Gasteiger partial charge in [0.1, 0.15) is 13.2 Å². The number of ether oxygens (including phenoxy) is 2. The molecular formula is C16H24N2O3. The Balaban J connectivity index is 1.67. The van der Waals surface area contributed by atoms with Crippen LogP contribution in [0.25, 0.3) is 0 Å². The average Bonchev–Trinajstić information content (AvgIpc) is 2.51. The van der Waals surface area contributed by atoms with Crippen LogP contribution in [0.5, 0.6) is 11.5 Å². The summed E-state index contributed by atoms with van der Waals surface area (Å²) >= 11 is 0. The first-order valence-corrected chi connectivity index (χ1v) is 7.70. The lowest BCUT2D eigenvalue weighted by Gasteiger charge is -2.18. The van der Waals surface area contributed by atoms with Crippen molar-refractivity contribution in [1.29, 1.82) is 0 Å². The van der Waals surface area contributed by atoms with Gasteiger partial charge in [-0.05, 0) is 30.5 Å². The van der Waals surface area contributed by atoms with Crippen LogP contribution in [0.3, 0.4) is 0 Å². The third kappa shape index (κ3) is 5.17. The summed E-state index contributed by atoms with van der Waals surface area (Å²) in [5, 5.41) is 5.72. The van der Waals surface area contributed by atoms with Gasteiger partial charge < -0.3 is 20.1 Å². The summed E-state index contributed by atoms with van der Waals surface area (Å²) in [5.74, 6) is 1.59. The summed E-state index contributed by atoms with van der Waals surface area (Å²) in [7, 11) is 0. The van der Waals surface area contributed by atoms with E-state index in [0.29, 0.717) is 19.8 Å². The van der Waals surface area contributed by atoms with Gasteiger partial charge in [-0.15, -0.1) is 0 Å². The number of hydrogen-bond donors (Lipinski definition) is 2. The Kier molecular flexibility index (Phi) is 6.19. The standard InChI is InChI=1S/C16H24N2O3/c1-2-3-4-8-17-16(19)18-9-7-13-5-6-14-15(12-13)21-11-10-20-14/h5-6,12H,2-4,7-11H2,1H3,(H2,17,18,19). The second-order valence-corrected chi connectivity index (χ2v) is 5.12. The van der Waals surface area contributed by atoms with Gasteiger partial charge in [0.25, 0.3) is 0 Å². The van der Waals surface area contributed by atoms with Crippen LogP contribution in [0.2, 0.25) is 0 Å². The topological polar surface area (TPSA) is 59.6 Å². The van der Waals surface area contributed by atoms with E-state index in [-0.39, 0.29) is 6.03 Å². The number of urea groups is 1. The zero-order valence-electron chi connectivity index (χ0n) is 12.6. The maximum Gasteiger partial charge on any atom is 0.314 e. The summed E-state index contributed by atoms with van der Waals surface area (Å²) in [6.07, 6.45) is 4.12. The quantitative estimate of drug-likeness (QED) is 0.759. The van der Waals surface area contributed by atoms with Crippen molar-refractivity contribution in [3.05, 3.63) is 23.8 Å². The highest BCUT2D eigenvalue weighted by Gasteiger charge is 2.11. The van der Waals surface area contributed by atoms with Crippen molar-refractivity contribution < 1.29 is 14.3 Å². The van der Waals surface area contributed by atoms with Crippen molar-refractivity contribution in [2.24, 2.45) is 0 Å². The molecule has 0 unspecified atom stereocenters. The smallest absolute Gasteiger partial charge is 0.314 e. The van der Waals surface area contributed by atoms with Gasteiger partial charge in [0.15, 0.2) is 11.5 Å². The number of carbonyl (C=O) groups excluding carboxylic acids is 1. The van der Waals surface area contributed by atoms with Gasteiger partial charge >= 0.3 is 6.03 Å². The van der Waals surface area contributed by atoms with E-state index in [1.54, 1.807) is 0 Å². The molecule has 116 valence electrons. The van der Waals surface area contributed by atoms with E-state index in [9.17, 15) is 4.79 Å². The number of carbonyl (C=O) groups is 1. The maximum absolute atomic E-state index is 11.6. The molecule has 21 heavy (non-hydrogen) atoms. The molecule has 0 saturated carbocycles. The largest absolute Gasteiger partial charge is 0.486 e. The summed E-state index contributed by atoms with van der Waals surface area (Å²) in [6, 6.07) is 5.82. The molecule has 1 aromatic carbocycles. The Morgan fingerprint density at radius 2 is 1.86 bits per heavy atom. The van der Waals surface area contributed by atoms with Crippen molar-refractivity contribution in [1.82, 2.24) is 10.6 Å². The lowest BCUT2D eigenvalue weighted by molar-refractivity contribution is 0.171. The summed E-state index contributed by atoms with van der Waals surface area (Å²) < 4.78 is 11.0. The van der Waals surface area contributed by atoms with Crippen LogP contribution in [-0.2, 0) is 6.42 Å². The van der Waals surface area contributed by atoms with E-state index in [0.717, 1.165) is 49.3 Å². The first kappa shape index (κ1) is 15.5. The van der Waals surface area contributed by atoms with Crippen LogP contribution in [0.4, 0.5) is 4.79 Å². The molecule has 2 N–H and O–H groups in total. The van der Waals surface area contributed by atoms with Crippen LogP contribution in [0.15, 0.2) is 18.2 Å². The molecule has 5 nitrogen and oxygen atoms in total. The van der Waals surface area contributed by atoms with E-state index in [1.807, 2.05) is 18.2 Å². The van der Waals surface area contributed by atoms with Gasteiger partial charge in [-0.1, -0.05) is 25.8 Å². The molecule has 0 aliphatic carbocycles. The number of rotatable bonds is 7. The van der Waals surface area contributed by atoms with Crippen molar-refractivity contribution in [2.75, 3.05) is 26.3 Å². The molecule has 2 amide bonds. The summed E-state index contributed by atoms with van der Waals surface area (Å²) in [6.45, 7) is 4.69. The SMILES string of the molecule is CCCCCNC(=O)NCCc1ccc2c(c1)OCCO2.